The fourth-order valence-corrected chi connectivity index (χ4v) is 4.44. The highest BCUT2D eigenvalue weighted by Gasteiger charge is 2.29. The van der Waals surface area contributed by atoms with Crippen molar-refractivity contribution in [2.75, 3.05) is 5.32 Å². The molecule has 2 aromatic heterocycles. The van der Waals surface area contributed by atoms with Gasteiger partial charge in [0.2, 0.25) is 5.82 Å². The average Bonchev–Trinajstić information content (AvgIpc) is 3.13. The summed E-state index contributed by atoms with van der Waals surface area (Å²) in [6, 6.07) is 9.08. The van der Waals surface area contributed by atoms with E-state index >= 15 is 0 Å². The first-order valence-corrected chi connectivity index (χ1v) is 9.44. The first kappa shape index (κ1) is 18.0. The second-order valence-corrected chi connectivity index (χ2v) is 7.43. The summed E-state index contributed by atoms with van der Waals surface area (Å²) in [4.78, 5) is 20.7. The third-order valence-corrected chi connectivity index (χ3v) is 5.76. The van der Waals surface area contributed by atoms with Gasteiger partial charge in [0.1, 0.15) is 22.5 Å². The van der Waals surface area contributed by atoms with E-state index in [9.17, 15) is 14.5 Å². The van der Waals surface area contributed by atoms with Gasteiger partial charge in [-0.2, -0.15) is 5.26 Å². The zero-order valence-electron chi connectivity index (χ0n) is 14.6. The number of hydrogen-bond donors (Lipinski definition) is 1. The molecular formula is C19H14FN5O2S. The number of benzene rings is 1. The summed E-state index contributed by atoms with van der Waals surface area (Å²) < 4.78 is 13.2. The molecule has 2 heterocycles. The molecule has 3 aromatic rings. The largest absolute Gasteiger partial charge is 0.356 e. The maximum absolute atomic E-state index is 13.2. The number of fused-ring (bicyclic) bond motifs is 1. The van der Waals surface area contributed by atoms with Gasteiger partial charge in [-0.05, 0) is 49.6 Å². The Morgan fingerprint density at radius 1 is 1.32 bits per heavy atom. The van der Waals surface area contributed by atoms with E-state index in [1.807, 2.05) is 6.07 Å². The Morgan fingerprint density at radius 3 is 2.82 bits per heavy atom. The molecule has 0 spiro atoms. The number of nitrogens with one attached hydrogen (secondary N) is 1. The summed E-state index contributed by atoms with van der Waals surface area (Å²) in [5.41, 5.74) is 1.29. The lowest BCUT2D eigenvalue weighted by Crippen LogP contribution is -2.18. The fourth-order valence-electron chi connectivity index (χ4n) is 3.27. The second kappa shape index (κ2) is 7.32. The summed E-state index contributed by atoms with van der Waals surface area (Å²) in [5.74, 6) is -0.237. The monoisotopic (exact) mass is 395 g/mol. The van der Waals surface area contributed by atoms with Crippen molar-refractivity contribution in [2.45, 2.75) is 25.3 Å². The minimum Gasteiger partial charge on any atom is -0.356 e. The molecule has 0 radical (unpaired) electrons. The Morgan fingerprint density at radius 2 is 2.11 bits per heavy atom. The number of aryl methyl sites for hydroxylation is 1. The molecule has 0 aliphatic heterocycles. The molecule has 1 atom stereocenters. The van der Waals surface area contributed by atoms with Crippen LogP contribution in [0, 0.1) is 27.3 Å². The van der Waals surface area contributed by atoms with Crippen LogP contribution >= 0.6 is 11.3 Å². The van der Waals surface area contributed by atoms with Gasteiger partial charge in [0.05, 0.1) is 16.7 Å². The van der Waals surface area contributed by atoms with Crippen LogP contribution < -0.4 is 5.32 Å². The molecule has 0 amide bonds. The van der Waals surface area contributed by atoms with Crippen LogP contribution in [0.5, 0.6) is 0 Å². The fraction of sp³-hybridized carbons (Fsp3) is 0.211. The highest BCUT2D eigenvalue weighted by atomic mass is 32.1. The lowest BCUT2D eigenvalue weighted by Gasteiger charge is -2.22. The molecule has 0 saturated heterocycles. The van der Waals surface area contributed by atoms with Gasteiger partial charge in [-0.15, -0.1) is 11.3 Å². The van der Waals surface area contributed by atoms with Gasteiger partial charge in [0.25, 0.3) is 0 Å². The maximum atomic E-state index is 13.2. The Bertz CT molecular complexity index is 1090. The van der Waals surface area contributed by atoms with Crippen LogP contribution in [0.15, 0.2) is 36.5 Å². The topological polar surface area (TPSA) is 105 Å². The van der Waals surface area contributed by atoms with Gasteiger partial charge in [-0.1, -0.05) is 0 Å². The van der Waals surface area contributed by atoms with E-state index in [0.717, 1.165) is 40.4 Å². The maximum Gasteiger partial charge on any atom is 0.328 e. The molecule has 28 heavy (non-hydrogen) atoms. The zero-order valence-corrected chi connectivity index (χ0v) is 15.4. The predicted octanol–water partition coefficient (Wildman–Crippen LogP) is 4.61. The molecule has 0 bridgehead atoms. The first-order chi connectivity index (χ1) is 13.6. The van der Waals surface area contributed by atoms with Gasteiger partial charge < -0.3 is 5.32 Å². The van der Waals surface area contributed by atoms with Crippen LogP contribution in [0.25, 0.3) is 10.6 Å². The van der Waals surface area contributed by atoms with Crippen LogP contribution in [0.2, 0.25) is 0 Å². The number of halogens is 1. The summed E-state index contributed by atoms with van der Waals surface area (Å²) in [7, 11) is 0. The van der Waals surface area contributed by atoms with Crippen molar-refractivity contribution in [3.05, 3.63) is 68.6 Å². The van der Waals surface area contributed by atoms with Gasteiger partial charge in [-0.25, -0.2) is 14.4 Å². The lowest BCUT2D eigenvalue weighted by molar-refractivity contribution is -0.384. The molecule has 140 valence electrons. The molecule has 0 saturated carbocycles. The van der Waals surface area contributed by atoms with E-state index in [1.165, 1.54) is 24.4 Å². The van der Waals surface area contributed by atoms with Crippen LogP contribution in [0.4, 0.5) is 15.9 Å². The van der Waals surface area contributed by atoms with Crippen molar-refractivity contribution in [3.63, 3.8) is 0 Å². The van der Waals surface area contributed by atoms with Gasteiger partial charge in [0.15, 0.2) is 0 Å². The quantitative estimate of drug-likeness (QED) is 0.511. The van der Waals surface area contributed by atoms with Gasteiger partial charge >= 0.3 is 5.69 Å². The third-order valence-electron chi connectivity index (χ3n) is 4.58. The molecule has 0 fully saturated rings. The van der Waals surface area contributed by atoms with Crippen LogP contribution in [-0.4, -0.2) is 14.9 Å². The van der Waals surface area contributed by atoms with Crippen molar-refractivity contribution in [1.29, 1.82) is 5.26 Å². The number of thiazole rings is 1. The highest BCUT2D eigenvalue weighted by Crippen LogP contribution is 2.39. The van der Waals surface area contributed by atoms with E-state index in [4.69, 9.17) is 10.2 Å². The van der Waals surface area contributed by atoms with Crippen LogP contribution in [-0.2, 0) is 6.42 Å². The normalized spacial score (nSPS) is 15.5. The van der Waals surface area contributed by atoms with Crippen molar-refractivity contribution >= 4 is 22.8 Å². The Labute approximate surface area is 163 Å². The molecule has 4 rings (SSSR count). The van der Waals surface area contributed by atoms with E-state index in [0.29, 0.717) is 0 Å². The van der Waals surface area contributed by atoms with Crippen molar-refractivity contribution < 1.29 is 9.31 Å². The number of aromatic nitrogens is 2. The number of rotatable bonds is 4. The van der Waals surface area contributed by atoms with Crippen molar-refractivity contribution in [3.8, 4) is 16.6 Å². The zero-order chi connectivity index (χ0) is 19.7. The van der Waals surface area contributed by atoms with Crippen molar-refractivity contribution in [1.82, 2.24) is 9.97 Å². The second-order valence-electron chi connectivity index (χ2n) is 6.35. The molecule has 1 unspecified atom stereocenters. The number of nitriles is 1. The first-order valence-electron chi connectivity index (χ1n) is 8.62. The predicted molar refractivity (Wildman–Crippen MR) is 102 cm³/mol. The molecule has 1 aliphatic carbocycles. The Kier molecular flexibility index (Phi) is 4.71. The Hall–Kier alpha value is -3.38. The smallest absolute Gasteiger partial charge is 0.328 e. The minimum atomic E-state index is -0.595. The van der Waals surface area contributed by atoms with Gasteiger partial charge in [0, 0.05) is 16.6 Å². The summed E-state index contributed by atoms with van der Waals surface area (Å²) >= 11 is 1.55. The molecule has 9 heteroatoms. The molecule has 1 N–H and O–H groups in total. The van der Waals surface area contributed by atoms with Crippen LogP contribution in [0.3, 0.4) is 0 Å². The number of nitro groups is 1. The summed E-state index contributed by atoms with van der Waals surface area (Å²) in [6.45, 7) is 0. The van der Waals surface area contributed by atoms with E-state index < -0.39 is 4.92 Å². The SMILES string of the molecule is N#Cc1ccnc(NC2CCCc3sc(-c4ccc(F)cc4)nc32)c1[N+](=O)[O-]. The lowest BCUT2D eigenvalue weighted by atomic mass is 9.97. The average molecular weight is 395 g/mol. The molecular weight excluding hydrogens is 381 g/mol. The molecule has 7 nitrogen and oxygen atoms in total. The summed E-state index contributed by atoms with van der Waals surface area (Å²) in [6.07, 6.45) is 3.90. The molecule has 1 aromatic carbocycles. The van der Waals surface area contributed by atoms with E-state index in [-0.39, 0.29) is 28.9 Å². The van der Waals surface area contributed by atoms with Crippen LogP contribution in [0.1, 0.15) is 35.0 Å². The number of anilines is 1. The van der Waals surface area contributed by atoms with Crippen molar-refractivity contribution in [2.24, 2.45) is 0 Å². The standard InChI is InChI=1S/C19H14FN5O2S/c20-13-6-4-11(5-7-13)19-24-16-14(2-1-3-15(16)28-19)23-18-17(25(26)27)12(10-21)8-9-22-18/h4-9,14H,1-3H2,(H,22,23). The summed E-state index contributed by atoms with van der Waals surface area (Å²) in [5, 5.41) is 24.5. The number of pyridine rings is 1. The minimum absolute atomic E-state index is 0.0381. The Balaban J connectivity index is 1.69. The number of hydrogen-bond acceptors (Lipinski definition) is 7. The highest BCUT2D eigenvalue weighted by molar-refractivity contribution is 7.15. The third kappa shape index (κ3) is 3.30. The van der Waals surface area contributed by atoms with E-state index in [1.54, 1.807) is 23.5 Å². The molecule has 1 aliphatic rings. The number of nitrogens with zero attached hydrogens (tertiary/aromatic N) is 4. The van der Waals surface area contributed by atoms with Gasteiger partial charge in [-0.3, -0.25) is 10.1 Å². The van der Waals surface area contributed by atoms with E-state index in [2.05, 4.69) is 10.3 Å².